The van der Waals surface area contributed by atoms with Gasteiger partial charge in [0.1, 0.15) is 5.75 Å². The van der Waals surface area contributed by atoms with Gasteiger partial charge in [-0.1, -0.05) is 42.5 Å². The van der Waals surface area contributed by atoms with Gasteiger partial charge < -0.3 is 24.3 Å². The van der Waals surface area contributed by atoms with E-state index < -0.39 is 0 Å². The number of aromatic nitrogens is 1. The number of ether oxygens (including phenoxy) is 1. The highest BCUT2D eigenvalue weighted by molar-refractivity contribution is 5.86. The summed E-state index contributed by atoms with van der Waals surface area (Å²) >= 11 is 0. The number of carbonyl (C=O) groups excluding carboxylic acids is 1. The van der Waals surface area contributed by atoms with Gasteiger partial charge in [-0.05, 0) is 35.4 Å². The first-order valence-electron chi connectivity index (χ1n) is 11.5. The maximum absolute atomic E-state index is 13.0. The maximum atomic E-state index is 13.0. The first-order valence-corrected chi connectivity index (χ1v) is 11.5. The van der Waals surface area contributed by atoms with Gasteiger partial charge in [-0.3, -0.25) is 0 Å². The fraction of sp³-hybridized carbons (Fsp3) is 0.259. The number of methoxy groups -OCH3 is 1. The van der Waals surface area contributed by atoms with Crippen molar-refractivity contribution in [3.8, 4) is 17.1 Å². The van der Waals surface area contributed by atoms with Crippen LogP contribution >= 0.6 is 0 Å². The van der Waals surface area contributed by atoms with Crippen molar-refractivity contribution in [2.24, 2.45) is 0 Å². The molecule has 1 unspecified atom stereocenters. The van der Waals surface area contributed by atoms with E-state index in [1.165, 1.54) is 17.2 Å². The van der Waals surface area contributed by atoms with E-state index in [1.54, 1.807) is 13.3 Å². The minimum absolute atomic E-state index is 0.0293. The van der Waals surface area contributed by atoms with Crippen LogP contribution in [-0.4, -0.2) is 49.2 Å². The molecule has 0 saturated carbocycles. The molecule has 0 aliphatic carbocycles. The molecule has 1 aliphatic rings. The number of nitrogens with zero attached hydrogens (tertiary/aromatic N) is 3. The molecule has 1 N–H and O–H groups in total. The number of nitrogens with one attached hydrogen (secondary N) is 1. The Bertz CT molecular complexity index is 1280. The highest BCUT2D eigenvalue weighted by Crippen LogP contribution is 2.34. The number of hydrogen-bond donors (Lipinski definition) is 1. The van der Waals surface area contributed by atoms with Crippen LogP contribution in [0.4, 0.5) is 10.5 Å². The van der Waals surface area contributed by atoms with Crippen LogP contribution in [0, 0.1) is 0 Å². The lowest BCUT2D eigenvalue weighted by Gasteiger charge is -2.36. The molecule has 2 amide bonds. The maximum Gasteiger partial charge on any atom is 0.317 e. The monoisotopic (exact) mass is 456 g/mol. The molecule has 7 nitrogen and oxygen atoms in total. The van der Waals surface area contributed by atoms with Crippen molar-refractivity contribution in [3.05, 3.63) is 78.8 Å². The molecule has 1 aromatic heterocycles. The Kier molecular flexibility index (Phi) is 6.08. The fourth-order valence-corrected chi connectivity index (χ4v) is 4.58. The van der Waals surface area contributed by atoms with Crippen LogP contribution in [0.2, 0.25) is 0 Å². The van der Waals surface area contributed by atoms with Crippen LogP contribution in [0.1, 0.15) is 18.5 Å². The summed E-state index contributed by atoms with van der Waals surface area (Å²) in [5.74, 6) is 1.41. The second kappa shape index (κ2) is 9.47. The molecular formula is C27H28N4O3. The van der Waals surface area contributed by atoms with Gasteiger partial charge in [0.2, 0.25) is 0 Å². The third-order valence-electron chi connectivity index (χ3n) is 6.44. The average molecular weight is 457 g/mol. The summed E-state index contributed by atoms with van der Waals surface area (Å²) < 4.78 is 11.0. The minimum Gasteiger partial charge on any atom is -0.496 e. The quantitative estimate of drug-likeness (QED) is 0.453. The third-order valence-corrected chi connectivity index (χ3v) is 6.44. The van der Waals surface area contributed by atoms with E-state index in [4.69, 9.17) is 9.15 Å². The SMILES string of the molecule is COc1cc(N2CCN(C(=O)NC(C)c3cccc4ccccc34)CC2)ccc1-c1cnco1. The number of fused-ring (bicyclic) bond motifs is 1. The van der Waals surface area contributed by atoms with Gasteiger partial charge in [-0.25, -0.2) is 9.78 Å². The third kappa shape index (κ3) is 4.29. The molecule has 174 valence electrons. The normalized spacial score (nSPS) is 14.8. The average Bonchev–Trinajstić information content (AvgIpc) is 3.43. The zero-order chi connectivity index (χ0) is 23.5. The summed E-state index contributed by atoms with van der Waals surface area (Å²) in [6, 6.07) is 20.4. The number of oxazole rings is 1. The van der Waals surface area contributed by atoms with Crippen molar-refractivity contribution >= 4 is 22.5 Å². The number of rotatable bonds is 5. The summed E-state index contributed by atoms with van der Waals surface area (Å²) in [6.45, 7) is 4.85. The topological polar surface area (TPSA) is 70.8 Å². The van der Waals surface area contributed by atoms with Gasteiger partial charge in [0.15, 0.2) is 12.2 Å². The lowest BCUT2D eigenvalue weighted by molar-refractivity contribution is 0.191. The van der Waals surface area contributed by atoms with E-state index in [1.807, 2.05) is 42.2 Å². The van der Waals surface area contributed by atoms with E-state index in [0.29, 0.717) is 18.8 Å². The number of urea groups is 1. The molecule has 5 rings (SSSR count). The van der Waals surface area contributed by atoms with E-state index >= 15 is 0 Å². The van der Waals surface area contributed by atoms with E-state index in [9.17, 15) is 4.79 Å². The van der Waals surface area contributed by atoms with Gasteiger partial charge in [-0.2, -0.15) is 0 Å². The van der Waals surface area contributed by atoms with Crippen molar-refractivity contribution in [1.29, 1.82) is 0 Å². The highest BCUT2D eigenvalue weighted by Gasteiger charge is 2.24. The van der Waals surface area contributed by atoms with Crippen molar-refractivity contribution in [3.63, 3.8) is 0 Å². The Labute approximate surface area is 198 Å². The molecule has 3 aromatic carbocycles. The number of benzene rings is 3. The summed E-state index contributed by atoms with van der Waals surface area (Å²) in [6.07, 6.45) is 3.09. The van der Waals surface area contributed by atoms with Gasteiger partial charge >= 0.3 is 6.03 Å². The second-order valence-electron chi connectivity index (χ2n) is 8.46. The first-order chi connectivity index (χ1) is 16.6. The Balaban J connectivity index is 1.22. The zero-order valence-corrected chi connectivity index (χ0v) is 19.4. The Morgan fingerprint density at radius 3 is 2.62 bits per heavy atom. The first kappa shape index (κ1) is 21.8. The summed E-state index contributed by atoms with van der Waals surface area (Å²) in [7, 11) is 1.65. The molecule has 0 radical (unpaired) electrons. The lowest BCUT2D eigenvalue weighted by atomic mass is 10.00. The summed E-state index contributed by atoms with van der Waals surface area (Å²) in [5.41, 5.74) is 3.05. The van der Waals surface area contributed by atoms with Crippen LogP contribution in [0.15, 0.2) is 77.7 Å². The van der Waals surface area contributed by atoms with Crippen molar-refractivity contribution in [2.45, 2.75) is 13.0 Å². The summed E-state index contributed by atoms with van der Waals surface area (Å²) in [4.78, 5) is 21.1. The Morgan fingerprint density at radius 2 is 1.85 bits per heavy atom. The predicted octanol–water partition coefficient (Wildman–Crippen LogP) is 5.10. The van der Waals surface area contributed by atoms with Crippen molar-refractivity contribution < 1.29 is 13.9 Å². The van der Waals surface area contributed by atoms with Gasteiger partial charge in [0.25, 0.3) is 0 Å². The van der Waals surface area contributed by atoms with Crippen LogP contribution in [0.3, 0.4) is 0 Å². The molecule has 34 heavy (non-hydrogen) atoms. The fourth-order valence-electron chi connectivity index (χ4n) is 4.58. The minimum atomic E-state index is -0.0791. The van der Waals surface area contributed by atoms with Crippen LogP contribution in [-0.2, 0) is 0 Å². The number of hydrogen-bond acceptors (Lipinski definition) is 5. The zero-order valence-electron chi connectivity index (χ0n) is 19.4. The van der Waals surface area contributed by atoms with E-state index in [0.717, 1.165) is 35.7 Å². The van der Waals surface area contributed by atoms with Crippen molar-refractivity contribution in [1.82, 2.24) is 15.2 Å². The van der Waals surface area contributed by atoms with Gasteiger partial charge in [0.05, 0.1) is 24.9 Å². The predicted molar refractivity (Wildman–Crippen MR) is 133 cm³/mol. The molecule has 4 aromatic rings. The Hall–Kier alpha value is -4.00. The standard InChI is InChI=1S/C27H28N4O3/c1-19(22-9-5-7-20-6-3-4-8-23(20)22)29-27(32)31-14-12-30(13-15-31)21-10-11-24(25(16-21)33-2)26-17-28-18-34-26/h3-11,16-19H,12-15H2,1-2H3,(H,29,32). The molecule has 0 bridgehead atoms. The second-order valence-corrected chi connectivity index (χ2v) is 8.46. The largest absolute Gasteiger partial charge is 0.496 e. The molecule has 7 heteroatoms. The molecule has 1 fully saturated rings. The van der Waals surface area contributed by atoms with Crippen LogP contribution < -0.4 is 15.0 Å². The number of amides is 2. The van der Waals surface area contributed by atoms with Crippen molar-refractivity contribution in [2.75, 3.05) is 38.2 Å². The summed E-state index contributed by atoms with van der Waals surface area (Å²) in [5, 5.41) is 5.54. The van der Waals surface area contributed by atoms with Crippen LogP contribution in [0.25, 0.3) is 22.1 Å². The molecule has 1 atom stereocenters. The molecular weight excluding hydrogens is 428 g/mol. The van der Waals surface area contributed by atoms with E-state index in [2.05, 4.69) is 45.5 Å². The van der Waals surface area contributed by atoms with E-state index in [-0.39, 0.29) is 12.1 Å². The molecule has 2 heterocycles. The number of anilines is 1. The molecule has 0 spiro atoms. The lowest BCUT2D eigenvalue weighted by Crippen LogP contribution is -2.52. The molecule has 1 saturated heterocycles. The van der Waals surface area contributed by atoms with Crippen LogP contribution in [0.5, 0.6) is 5.75 Å². The highest BCUT2D eigenvalue weighted by atomic mass is 16.5. The number of piperazine rings is 1. The van der Waals surface area contributed by atoms with Gasteiger partial charge in [0, 0.05) is 37.9 Å². The van der Waals surface area contributed by atoms with Gasteiger partial charge in [-0.15, -0.1) is 0 Å². The number of carbonyl (C=O) groups is 1. The molecule has 1 aliphatic heterocycles. The smallest absolute Gasteiger partial charge is 0.317 e. The Morgan fingerprint density at radius 1 is 1.06 bits per heavy atom.